The van der Waals surface area contributed by atoms with Crippen LogP contribution in [0.15, 0.2) is 12.1 Å². The zero-order valence-electron chi connectivity index (χ0n) is 11.6. The van der Waals surface area contributed by atoms with Crippen molar-refractivity contribution in [1.82, 2.24) is 0 Å². The first-order valence-electron chi connectivity index (χ1n) is 7.19. The van der Waals surface area contributed by atoms with Crippen LogP contribution in [0, 0.1) is 0 Å². The third kappa shape index (κ3) is 4.53. The number of benzene rings is 1. The number of unbranched alkanes of at least 4 members (excludes halogenated alkanes) is 4. The predicted molar refractivity (Wildman–Crippen MR) is 79.6 cm³/mol. The molecule has 1 aromatic carbocycles. The molecule has 102 valence electrons. The Kier molecular flexibility index (Phi) is 7.19. The third-order valence-corrected chi connectivity index (χ3v) is 3.82. The molecule has 2 heteroatoms. The summed E-state index contributed by atoms with van der Waals surface area (Å²) in [6, 6.07) is 3.77. The highest BCUT2D eigenvalue weighted by molar-refractivity contribution is 6.32. The molecule has 1 rings (SSSR count). The van der Waals surface area contributed by atoms with Gasteiger partial charge in [-0.15, -0.1) is 0 Å². The Bertz CT molecular complexity index is 360. The zero-order chi connectivity index (χ0) is 13.4. The molecule has 0 fully saturated rings. The molecular formula is C16H25ClO. The number of aromatic hydroxyl groups is 1. The van der Waals surface area contributed by atoms with Gasteiger partial charge in [0.1, 0.15) is 5.75 Å². The SMILES string of the molecule is CCCCCc1ccc(O)c(Cl)c1CCCCC. The lowest BCUT2D eigenvalue weighted by molar-refractivity contribution is 0.474. The summed E-state index contributed by atoms with van der Waals surface area (Å²) < 4.78 is 0. The molecule has 0 saturated heterocycles. The first kappa shape index (κ1) is 15.4. The molecule has 0 unspecified atom stereocenters. The van der Waals surface area contributed by atoms with E-state index < -0.39 is 0 Å². The molecular weight excluding hydrogens is 244 g/mol. The topological polar surface area (TPSA) is 20.2 Å². The van der Waals surface area contributed by atoms with Crippen LogP contribution in [0.5, 0.6) is 5.75 Å². The maximum absolute atomic E-state index is 9.72. The molecule has 0 atom stereocenters. The first-order chi connectivity index (χ1) is 8.70. The van der Waals surface area contributed by atoms with Gasteiger partial charge in [-0.05, 0) is 42.9 Å². The maximum Gasteiger partial charge on any atom is 0.134 e. The van der Waals surface area contributed by atoms with Gasteiger partial charge in [0.2, 0.25) is 0 Å². The molecule has 0 saturated carbocycles. The molecule has 0 spiro atoms. The van der Waals surface area contributed by atoms with Crippen molar-refractivity contribution < 1.29 is 5.11 Å². The molecule has 18 heavy (non-hydrogen) atoms. The van der Waals surface area contributed by atoms with Crippen LogP contribution in [0.3, 0.4) is 0 Å². The van der Waals surface area contributed by atoms with Gasteiger partial charge in [0.15, 0.2) is 0 Å². The van der Waals surface area contributed by atoms with Crippen LogP contribution in [0.4, 0.5) is 0 Å². The molecule has 0 aliphatic rings. The number of hydrogen-bond acceptors (Lipinski definition) is 1. The minimum absolute atomic E-state index is 0.224. The monoisotopic (exact) mass is 268 g/mol. The van der Waals surface area contributed by atoms with E-state index in [-0.39, 0.29) is 5.75 Å². The van der Waals surface area contributed by atoms with E-state index in [1.165, 1.54) is 43.2 Å². The van der Waals surface area contributed by atoms with Gasteiger partial charge in [-0.1, -0.05) is 57.2 Å². The van der Waals surface area contributed by atoms with E-state index in [4.69, 9.17) is 11.6 Å². The van der Waals surface area contributed by atoms with Crippen molar-refractivity contribution in [3.63, 3.8) is 0 Å². The molecule has 0 aliphatic carbocycles. The van der Waals surface area contributed by atoms with Crippen LogP contribution in [0.1, 0.15) is 63.5 Å². The molecule has 0 aliphatic heterocycles. The van der Waals surface area contributed by atoms with Gasteiger partial charge in [-0.25, -0.2) is 0 Å². The minimum atomic E-state index is 0.224. The fourth-order valence-corrected chi connectivity index (χ4v) is 2.55. The second-order valence-corrected chi connectivity index (χ2v) is 5.33. The standard InChI is InChI=1S/C16H25ClO/c1-3-5-7-9-13-11-12-15(18)16(17)14(13)10-8-6-4-2/h11-12,18H,3-10H2,1-2H3. The van der Waals surface area contributed by atoms with E-state index in [2.05, 4.69) is 13.8 Å². The summed E-state index contributed by atoms with van der Waals surface area (Å²) in [4.78, 5) is 0. The second-order valence-electron chi connectivity index (χ2n) is 4.95. The van der Waals surface area contributed by atoms with E-state index in [9.17, 15) is 5.11 Å². The van der Waals surface area contributed by atoms with Gasteiger partial charge >= 0.3 is 0 Å². The van der Waals surface area contributed by atoms with E-state index in [1.54, 1.807) is 6.07 Å². The summed E-state index contributed by atoms with van der Waals surface area (Å²) in [5, 5.41) is 10.3. The van der Waals surface area contributed by atoms with Crippen molar-refractivity contribution in [2.75, 3.05) is 0 Å². The Morgan fingerprint density at radius 1 is 0.944 bits per heavy atom. The van der Waals surface area contributed by atoms with Gasteiger partial charge in [-0.3, -0.25) is 0 Å². The van der Waals surface area contributed by atoms with E-state index >= 15 is 0 Å². The van der Waals surface area contributed by atoms with Crippen molar-refractivity contribution in [1.29, 1.82) is 0 Å². The van der Waals surface area contributed by atoms with Gasteiger partial charge in [0.05, 0.1) is 5.02 Å². The molecule has 0 radical (unpaired) electrons. The molecule has 1 aromatic rings. The van der Waals surface area contributed by atoms with E-state index in [1.807, 2.05) is 6.07 Å². The summed E-state index contributed by atoms with van der Waals surface area (Å²) in [5.74, 6) is 0.224. The molecule has 0 bridgehead atoms. The molecule has 0 heterocycles. The molecule has 0 aromatic heterocycles. The summed E-state index contributed by atoms with van der Waals surface area (Å²) in [5.41, 5.74) is 2.49. The minimum Gasteiger partial charge on any atom is -0.506 e. The zero-order valence-corrected chi connectivity index (χ0v) is 12.4. The fraction of sp³-hybridized carbons (Fsp3) is 0.625. The summed E-state index contributed by atoms with van der Waals surface area (Å²) in [6.45, 7) is 4.41. The van der Waals surface area contributed by atoms with Crippen LogP contribution in [0.25, 0.3) is 0 Å². The largest absolute Gasteiger partial charge is 0.506 e. The normalized spacial score (nSPS) is 10.8. The fourth-order valence-electron chi connectivity index (χ4n) is 2.27. The van der Waals surface area contributed by atoms with Gasteiger partial charge in [-0.2, -0.15) is 0 Å². The average Bonchev–Trinajstić information content (AvgIpc) is 2.37. The second kappa shape index (κ2) is 8.42. The third-order valence-electron chi connectivity index (χ3n) is 3.40. The first-order valence-corrected chi connectivity index (χ1v) is 7.57. The smallest absolute Gasteiger partial charge is 0.134 e. The molecule has 1 nitrogen and oxygen atoms in total. The van der Waals surface area contributed by atoms with Gasteiger partial charge < -0.3 is 5.11 Å². The Morgan fingerprint density at radius 3 is 2.17 bits per heavy atom. The quantitative estimate of drug-likeness (QED) is 0.616. The number of rotatable bonds is 8. The summed E-state index contributed by atoms with van der Waals surface area (Å²) in [6.07, 6.45) is 9.35. The lowest BCUT2D eigenvalue weighted by Gasteiger charge is -2.12. The summed E-state index contributed by atoms with van der Waals surface area (Å²) >= 11 is 6.24. The Labute approximate surface area is 116 Å². The molecule has 1 N–H and O–H groups in total. The number of aryl methyl sites for hydroxylation is 1. The highest BCUT2D eigenvalue weighted by Gasteiger charge is 2.10. The Balaban J connectivity index is 2.76. The Hall–Kier alpha value is -0.690. The van der Waals surface area contributed by atoms with Crippen LogP contribution in [-0.2, 0) is 12.8 Å². The van der Waals surface area contributed by atoms with Gasteiger partial charge in [0.25, 0.3) is 0 Å². The van der Waals surface area contributed by atoms with Crippen LogP contribution >= 0.6 is 11.6 Å². The van der Waals surface area contributed by atoms with Crippen LogP contribution < -0.4 is 0 Å². The highest BCUT2D eigenvalue weighted by Crippen LogP contribution is 2.31. The van der Waals surface area contributed by atoms with Crippen molar-refractivity contribution >= 4 is 11.6 Å². The van der Waals surface area contributed by atoms with Crippen molar-refractivity contribution in [3.05, 3.63) is 28.3 Å². The van der Waals surface area contributed by atoms with Crippen molar-refractivity contribution in [2.24, 2.45) is 0 Å². The number of hydrogen-bond donors (Lipinski definition) is 1. The predicted octanol–water partition coefficient (Wildman–Crippen LogP) is 5.51. The molecule has 0 amide bonds. The van der Waals surface area contributed by atoms with E-state index in [0.29, 0.717) is 5.02 Å². The number of phenols is 1. The number of halogens is 1. The average molecular weight is 269 g/mol. The van der Waals surface area contributed by atoms with E-state index in [0.717, 1.165) is 19.3 Å². The van der Waals surface area contributed by atoms with Crippen LogP contribution in [-0.4, -0.2) is 5.11 Å². The van der Waals surface area contributed by atoms with Crippen LogP contribution in [0.2, 0.25) is 5.02 Å². The lowest BCUT2D eigenvalue weighted by atomic mass is 9.96. The lowest BCUT2D eigenvalue weighted by Crippen LogP contribution is -1.97. The van der Waals surface area contributed by atoms with Crippen molar-refractivity contribution in [2.45, 2.75) is 65.2 Å². The maximum atomic E-state index is 9.72. The van der Waals surface area contributed by atoms with Crippen molar-refractivity contribution in [3.8, 4) is 5.75 Å². The van der Waals surface area contributed by atoms with Gasteiger partial charge in [0, 0.05) is 0 Å². The summed E-state index contributed by atoms with van der Waals surface area (Å²) in [7, 11) is 0. The Morgan fingerprint density at radius 2 is 1.56 bits per heavy atom. The highest BCUT2D eigenvalue weighted by atomic mass is 35.5. The number of phenolic OH excluding ortho intramolecular Hbond substituents is 1.